The molecule has 0 aliphatic carbocycles. The van der Waals surface area contributed by atoms with Crippen LogP contribution >= 0.6 is 0 Å². The second kappa shape index (κ2) is 13.8. The number of H-pyrrole nitrogens is 2. The second-order valence-electron chi connectivity index (χ2n) is 8.77. The van der Waals surface area contributed by atoms with E-state index in [1.807, 2.05) is 19.2 Å². The minimum atomic E-state index is 0.640. The highest BCUT2D eigenvalue weighted by Gasteiger charge is 2.12. The minimum absolute atomic E-state index is 0.640. The van der Waals surface area contributed by atoms with Crippen LogP contribution in [0.4, 0.5) is 0 Å². The van der Waals surface area contributed by atoms with Crippen molar-refractivity contribution in [3.63, 3.8) is 0 Å². The van der Waals surface area contributed by atoms with Gasteiger partial charge in [-0.15, -0.1) is 0 Å². The molecule has 32 heavy (non-hydrogen) atoms. The number of nitrogens with zero attached hydrogens (tertiary/aromatic N) is 1. The molecule has 2 aromatic rings. The molecule has 0 aromatic carbocycles. The van der Waals surface area contributed by atoms with E-state index in [0.29, 0.717) is 6.61 Å². The fourth-order valence-electron chi connectivity index (χ4n) is 4.24. The highest BCUT2D eigenvalue weighted by molar-refractivity contribution is 5.99. The van der Waals surface area contributed by atoms with Crippen molar-refractivity contribution in [3.05, 3.63) is 47.9 Å². The lowest BCUT2D eigenvalue weighted by atomic mass is 10.0. The molecule has 0 saturated heterocycles. The Morgan fingerprint density at radius 1 is 0.875 bits per heavy atom. The normalized spacial score (nSPS) is 14.4. The van der Waals surface area contributed by atoms with Gasteiger partial charge in [-0.25, -0.2) is 0 Å². The first-order valence-corrected chi connectivity index (χ1v) is 12.8. The van der Waals surface area contributed by atoms with Gasteiger partial charge in [0.1, 0.15) is 5.75 Å². The van der Waals surface area contributed by atoms with Gasteiger partial charge in [0.25, 0.3) is 0 Å². The van der Waals surface area contributed by atoms with Crippen molar-refractivity contribution in [1.29, 1.82) is 0 Å². The molecule has 1 aliphatic heterocycles. The molecule has 2 aromatic heterocycles. The average Bonchev–Trinajstić information content (AvgIpc) is 3.55. The van der Waals surface area contributed by atoms with Crippen molar-refractivity contribution in [3.8, 4) is 17.1 Å². The predicted octanol–water partition coefficient (Wildman–Crippen LogP) is 8.46. The lowest BCUT2D eigenvalue weighted by Gasteiger charge is -2.02. The van der Waals surface area contributed by atoms with Gasteiger partial charge in [0, 0.05) is 18.0 Å². The van der Waals surface area contributed by atoms with Crippen LogP contribution in [0.5, 0.6) is 5.75 Å². The van der Waals surface area contributed by atoms with Crippen molar-refractivity contribution in [2.75, 3.05) is 6.61 Å². The Balaban J connectivity index is 1.39. The topological polar surface area (TPSA) is 53.2 Å². The number of allylic oxidation sites excluding steroid dienone is 2. The summed E-state index contributed by atoms with van der Waals surface area (Å²) in [5, 5.41) is 0. The van der Waals surface area contributed by atoms with E-state index >= 15 is 0 Å². The van der Waals surface area contributed by atoms with Crippen molar-refractivity contribution in [2.45, 2.75) is 90.9 Å². The second-order valence-corrected chi connectivity index (χ2v) is 8.77. The zero-order chi connectivity index (χ0) is 22.4. The molecule has 0 atom stereocenters. The molecule has 0 radical (unpaired) electrons. The van der Waals surface area contributed by atoms with Gasteiger partial charge in [-0.1, -0.05) is 71.1 Å². The van der Waals surface area contributed by atoms with E-state index in [9.17, 15) is 0 Å². The zero-order valence-corrected chi connectivity index (χ0v) is 20.1. The molecule has 3 rings (SSSR count). The monoisotopic (exact) mass is 435 g/mol. The summed E-state index contributed by atoms with van der Waals surface area (Å²) in [6.07, 6.45) is 24.5. The number of nitrogens with one attached hydrogen (secondary N) is 2. The van der Waals surface area contributed by atoms with Gasteiger partial charge >= 0.3 is 0 Å². The van der Waals surface area contributed by atoms with Crippen molar-refractivity contribution in [2.24, 2.45) is 4.99 Å². The van der Waals surface area contributed by atoms with E-state index in [2.05, 4.69) is 47.3 Å². The van der Waals surface area contributed by atoms with Crippen LogP contribution in [0.3, 0.4) is 0 Å². The van der Waals surface area contributed by atoms with Gasteiger partial charge in [0.2, 0.25) is 0 Å². The molecule has 0 amide bonds. The molecule has 0 spiro atoms. The quantitative estimate of drug-likeness (QED) is 0.255. The highest BCUT2D eigenvalue weighted by atomic mass is 16.5. The molecule has 3 heterocycles. The Hall–Kier alpha value is -2.49. The summed E-state index contributed by atoms with van der Waals surface area (Å²) in [5.41, 5.74) is 5.23. The maximum Gasteiger partial charge on any atom is 0.144 e. The molecular weight excluding hydrogens is 394 g/mol. The number of hydrogen-bond acceptors (Lipinski definition) is 2. The molecule has 0 unspecified atom stereocenters. The fourth-order valence-corrected chi connectivity index (χ4v) is 4.24. The number of aromatic amines is 2. The number of hydrogen-bond donors (Lipinski definition) is 2. The zero-order valence-electron chi connectivity index (χ0n) is 20.1. The minimum Gasteiger partial charge on any atom is -0.492 e. The van der Waals surface area contributed by atoms with E-state index in [1.165, 1.54) is 76.3 Å². The molecule has 0 bridgehead atoms. The number of unbranched alkanes of at least 4 members (excludes halogenated alkanes) is 10. The van der Waals surface area contributed by atoms with Crippen LogP contribution in [0, 0.1) is 0 Å². The Morgan fingerprint density at radius 2 is 1.59 bits per heavy atom. The molecule has 2 N–H and O–H groups in total. The maximum atomic E-state index is 5.83. The first kappa shape index (κ1) is 24.2. The Bertz CT molecular complexity index is 871. The third-order valence-corrected chi connectivity index (χ3v) is 6.05. The largest absolute Gasteiger partial charge is 0.492 e. The highest BCUT2D eigenvalue weighted by Crippen LogP contribution is 2.29. The Morgan fingerprint density at radius 3 is 2.25 bits per heavy atom. The Labute approximate surface area is 194 Å². The summed E-state index contributed by atoms with van der Waals surface area (Å²) in [6, 6.07) is 6.10. The first-order valence-electron chi connectivity index (χ1n) is 12.8. The van der Waals surface area contributed by atoms with Crippen molar-refractivity contribution >= 4 is 11.8 Å². The van der Waals surface area contributed by atoms with Crippen LogP contribution in [0.15, 0.2) is 47.2 Å². The van der Waals surface area contributed by atoms with Crippen LogP contribution in [0.25, 0.3) is 17.5 Å². The SMILES string of the molecule is CCCCCCCCCCCCCC1=N/C(=C/c2[nH]c(-c3ccc[nH]3)cc2OCC)C=C1. The van der Waals surface area contributed by atoms with Gasteiger partial charge in [-0.3, -0.25) is 4.99 Å². The van der Waals surface area contributed by atoms with Crippen LogP contribution in [-0.2, 0) is 0 Å². The van der Waals surface area contributed by atoms with E-state index in [1.54, 1.807) is 0 Å². The summed E-state index contributed by atoms with van der Waals surface area (Å²) in [4.78, 5) is 11.5. The predicted molar refractivity (Wildman–Crippen MR) is 137 cm³/mol. The number of rotatable bonds is 16. The molecule has 1 aliphatic rings. The number of aromatic nitrogens is 2. The van der Waals surface area contributed by atoms with Gasteiger partial charge in [0.05, 0.1) is 29.4 Å². The van der Waals surface area contributed by atoms with E-state index in [4.69, 9.17) is 9.73 Å². The lowest BCUT2D eigenvalue weighted by molar-refractivity contribution is 0.340. The van der Waals surface area contributed by atoms with E-state index in [0.717, 1.165) is 34.9 Å². The standard InChI is InChI=1S/C28H41N3O/c1-3-5-6-7-8-9-10-11-12-13-14-16-23-18-19-24(30-23)21-27-28(32-4-2)22-26(31-27)25-17-15-20-29-25/h15,17-22,29,31H,3-14,16H2,1-2H3/b24-21+. The molecule has 174 valence electrons. The van der Waals surface area contributed by atoms with Crippen LogP contribution < -0.4 is 4.74 Å². The smallest absolute Gasteiger partial charge is 0.144 e. The number of ether oxygens (including phenoxy) is 1. The van der Waals surface area contributed by atoms with E-state index < -0.39 is 0 Å². The first-order chi connectivity index (χ1) is 15.8. The van der Waals surface area contributed by atoms with Crippen molar-refractivity contribution < 1.29 is 4.74 Å². The van der Waals surface area contributed by atoms with Crippen LogP contribution in [0.2, 0.25) is 0 Å². The summed E-state index contributed by atoms with van der Waals surface area (Å²) < 4.78 is 5.83. The van der Waals surface area contributed by atoms with Gasteiger partial charge in [-0.05, 0) is 50.1 Å². The molecule has 4 nitrogen and oxygen atoms in total. The average molecular weight is 436 g/mol. The molecule has 4 heteroatoms. The molecule has 0 fully saturated rings. The Kier molecular flexibility index (Phi) is 10.4. The summed E-state index contributed by atoms with van der Waals surface area (Å²) >= 11 is 0. The fraction of sp³-hybridized carbons (Fsp3) is 0.536. The van der Waals surface area contributed by atoms with Gasteiger partial charge in [-0.2, -0.15) is 0 Å². The van der Waals surface area contributed by atoms with Crippen molar-refractivity contribution in [1.82, 2.24) is 9.97 Å². The van der Waals surface area contributed by atoms with Gasteiger partial charge < -0.3 is 14.7 Å². The maximum absolute atomic E-state index is 5.83. The summed E-state index contributed by atoms with van der Waals surface area (Å²) in [7, 11) is 0. The molecule has 0 saturated carbocycles. The van der Waals surface area contributed by atoms with E-state index in [-0.39, 0.29) is 0 Å². The molecular formula is C28H41N3O. The summed E-state index contributed by atoms with van der Waals surface area (Å²) in [5.74, 6) is 0.868. The summed E-state index contributed by atoms with van der Waals surface area (Å²) in [6.45, 7) is 4.93. The lowest BCUT2D eigenvalue weighted by Crippen LogP contribution is -1.92. The number of aliphatic imine (C=N–C) groups is 1. The van der Waals surface area contributed by atoms with Crippen LogP contribution in [-0.4, -0.2) is 22.3 Å². The van der Waals surface area contributed by atoms with Gasteiger partial charge in [0.15, 0.2) is 0 Å². The van der Waals surface area contributed by atoms with Crippen LogP contribution in [0.1, 0.15) is 96.6 Å². The third kappa shape index (κ3) is 7.89. The third-order valence-electron chi connectivity index (χ3n) is 6.05.